The number of nitrogens with zero attached hydrogens (tertiary/aromatic N) is 2. The third-order valence-corrected chi connectivity index (χ3v) is 7.25. The van der Waals surface area contributed by atoms with Crippen LogP contribution in [0.15, 0.2) is 58.9 Å². The molecule has 2 aromatic carbocycles. The molecule has 3 aromatic rings. The number of thiophene rings is 1. The van der Waals surface area contributed by atoms with Gasteiger partial charge in [0.25, 0.3) is 0 Å². The van der Waals surface area contributed by atoms with Crippen molar-refractivity contribution in [1.29, 1.82) is 0 Å². The summed E-state index contributed by atoms with van der Waals surface area (Å²) in [6.07, 6.45) is 2.02. The van der Waals surface area contributed by atoms with Crippen molar-refractivity contribution in [3.8, 4) is 0 Å². The largest absolute Gasteiger partial charge is 0.348 e. The molecule has 1 aromatic heterocycles. The second-order valence-electron chi connectivity index (χ2n) is 8.48. The minimum atomic E-state index is -0.149. The van der Waals surface area contributed by atoms with Crippen LogP contribution in [0.1, 0.15) is 46.0 Å². The lowest BCUT2D eigenvalue weighted by Gasteiger charge is -2.24. The van der Waals surface area contributed by atoms with Gasteiger partial charge in [-0.25, -0.2) is 4.99 Å². The molecule has 0 radical (unpaired) electrons. The maximum absolute atomic E-state index is 13.3. The molecule has 0 spiro atoms. The molecular formula is C26H25N3O2S. The molecule has 6 heteroatoms. The molecule has 2 heterocycles. The van der Waals surface area contributed by atoms with Crippen LogP contribution in [-0.4, -0.2) is 24.1 Å². The number of carbonyl (C=O) groups is 2. The molecule has 5 nitrogen and oxygen atoms in total. The number of fused-ring (bicyclic) bond motifs is 2. The number of carbonyl (C=O) groups excluding carboxylic acids is 2. The van der Waals surface area contributed by atoms with Crippen molar-refractivity contribution in [3.05, 3.63) is 81.0 Å². The average Bonchev–Trinajstić information content (AvgIpc) is 3.42. The molecule has 1 atom stereocenters. The average molecular weight is 444 g/mol. The molecule has 0 fully saturated rings. The van der Waals surface area contributed by atoms with E-state index in [-0.39, 0.29) is 30.8 Å². The van der Waals surface area contributed by atoms with E-state index in [0.717, 1.165) is 40.2 Å². The monoisotopic (exact) mass is 443 g/mol. The Morgan fingerprint density at radius 1 is 1.16 bits per heavy atom. The quantitative estimate of drug-likeness (QED) is 0.615. The van der Waals surface area contributed by atoms with E-state index in [4.69, 9.17) is 4.99 Å². The van der Waals surface area contributed by atoms with E-state index >= 15 is 0 Å². The Hall–Kier alpha value is -3.25. The van der Waals surface area contributed by atoms with Crippen molar-refractivity contribution in [3.63, 3.8) is 0 Å². The van der Waals surface area contributed by atoms with Crippen LogP contribution in [0.2, 0.25) is 0 Å². The van der Waals surface area contributed by atoms with Gasteiger partial charge in [0.05, 0.1) is 29.5 Å². The fourth-order valence-electron chi connectivity index (χ4n) is 4.50. The molecule has 0 saturated carbocycles. The molecule has 0 saturated heterocycles. The predicted molar refractivity (Wildman–Crippen MR) is 129 cm³/mol. The first-order chi connectivity index (χ1) is 15.5. The van der Waals surface area contributed by atoms with Crippen molar-refractivity contribution < 1.29 is 9.59 Å². The summed E-state index contributed by atoms with van der Waals surface area (Å²) in [5.74, 6) is -0.259. The summed E-state index contributed by atoms with van der Waals surface area (Å²) < 4.78 is 0. The van der Waals surface area contributed by atoms with Crippen molar-refractivity contribution in [2.75, 3.05) is 11.4 Å². The minimum Gasteiger partial charge on any atom is -0.348 e. The molecule has 0 bridgehead atoms. The van der Waals surface area contributed by atoms with Crippen molar-refractivity contribution in [2.24, 2.45) is 4.99 Å². The number of hydrogen-bond donors (Lipinski definition) is 1. The Morgan fingerprint density at radius 2 is 1.97 bits per heavy atom. The van der Waals surface area contributed by atoms with Crippen molar-refractivity contribution in [2.45, 2.75) is 39.2 Å². The van der Waals surface area contributed by atoms with Gasteiger partial charge in [0.1, 0.15) is 6.54 Å². The van der Waals surface area contributed by atoms with E-state index in [9.17, 15) is 9.59 Å². The van der Waals surface area contributed by atoms with Crippen LogP contribution in [0.4, 0.5) is 11.4 Å². The summed E-state index contributed by atoms with van der Waals surface area (Å²) >= 11 is 1.57. The van der Waals surface area contributed by atoms with Gasteiger partial charge in [-0.15, -0.1) is 11.3 Å². The van der Waals surface area contributed by atoms with Crippen LogP contribution in [-0.2, 0) is 16.0 Å². The molecule has 1 aliphatic heterocycles. The summed E-state index contributed by atoms with van der Waals surface area (Å²) in [5, 5.41) is 5.14. The van der Waals surface area contributed by atoms with Crippen molar-refractivity contribution >= 4 is 40.2 Å². The Kier molecular flexibility index (Phi) is 5.39. The molecule has 1 N–H and O–H groups in total. The number of anilines is 1. The van der Waals surface area contributed by atoms with Crippen LogP contribution < -0.4 is 10.2 Å². The lowest BCUT2D eigenvalue weighted by molar-refractivity contribution is -0.123. The highest BCUT2D eigenvalue weighted by Gasteiger charge is 2.29. The maximum atomic E-state index is 13.3. The van der Waals surface area contributed by atoms with Gasteiger partial charge in [-0.2, -0.15) is 0 Å². The lowest BCUT2D eigenvalue weighted by Crippen LogP contribution is -2.42. The van der Waals surface area contributed by atoms with Gasteiger partial charge in [0.2, 0.25) is 11.8 Å². The SMILES string of the molecule is Cc1cc2c(cc1C)N(CC(=O)NC1CCc3ccccc31)C(=O)CC(c1cccs1)=N2. The molecule has 2 aliphatic rings. The Bertz CT molecular complexity index is 1230. The van der Waals surface area contributed by atoms with Crippen molar-refractivity contribution in [1.82, 2.24) is 5.32 Å². The normalized spacial score (nSPS) is 17.4. The molecule has 5 rings (SSSR count). The van der Waals surface area contributed by atoms with Gasteiger partial charge in [0.15, 0.2) is 0 Å². The number of amides is 2. The van der Waals surface area contributed by atoms with Crippen LogP contribution in [0.5, 0.6) is 0 Å². The van der Waals surface area contributed by atoms with E-state index in [2.05, 4.69) is 17.4 Å². The first-order valence-electron chi connectivity index (χ1n) is 10.9. The Morgan fingerprint density at radius 3 is 2.78 bits per heavy atom. The topological polar surface area (TPSA) is 61.8 Å². The first-order valence-corrected chi connectivity index (χ1v) is 11.8. The zero-order valence-electron chi connectivity index (χ0n) is 18.2. The Balaban J connectivity index is 1.43. The van der Waals surface area contributed by atoms with Gasteiger partial charge in [-0.1, -0.05) is 30.3 Å². The molecular weight excluding hydrogens is 418 g/mol. The summed E-state index contributed by atoms with van der Waals surface area (Å²) in [6, 6.07) is 16.2. The second kappa shape index (κ2) is 8.36. The minimum absolute atomic E-state index is 0.00191. The van der Waals surface area contributed by atoms with Crippen LogP contribution in [0.3, 0.4) is 0 Å². The van der Waals surface area contributed by atoms with E-state index in [1.807, 2.05) is 55.6 Å². The number of nitrogens with one attached hydrogen (secondary N) is 1. The summed E-state index contributed by atoms with van der Waals surface area (Å²) in [4.78, 5) is 33.8. The highest BCUT2D eigenvalue weighted by molar-refractivity contribution is 7.12. The summed E-state index contributed by atoms with van der Waals surface area (Å²) in [7, 11) is 0. The smallest absolute Gasteiger partial charge is 0.240 e. The highest BCUT2D eigenvalue weighted by Crippen LogP contribution is 2.36. The van der Waals surface area contributed by atoms with E-state index < -0.39 is 0 Å². The number of aryl methyl sites for hydroxylation is 3. The fraction of sp³-hybridized carbons (Fsp3) is 0.269. The molecule has 32 heavy (non-hydrogen) atoms. The summed E-state index contributed by atoms with van der Waals surface area (Å²) in [5.41, 5.74) is 6.84. The third kappa shape index (κ3) is 3.86. The van der Waals surface area contributed by atoms with Gasteiger partial charge < -0.3 is 10.2 Å². The fourth-order valence-corrected chi connectivity index (χ4v) is 5.21. The molecule has 1 unspecified atom stereocenters. The van der Waals surface area contributed by atoms with Crippen LogP contribution in [0.25, 0.3) is 0 Å². The third-order valence-electron chi connectivity index (χ3n) is 6.33. The maximum Gasteiger partial charge on any atom is 0.240 e. The zero-order chi connectivity index (χ0) is 22.2. The van der Waals surface area contributed by atoms with E-state index in [1.54, 1.807) is 16.2 Å². The second-order valence-corrected chi connectivity index (χ2v) is 9.42. The first kappa shape index (κ1) is 20.6. The molecule has 1 aliphatic carbocycles. The number of benzene rings is 2. The van der Waals surface area contributed by atoms with Gasteiger partial charge in [-0.05, 0) is 72.5 Å². The van der Waals surface area contributed by atoms with Crippen LogP contribution >= 0.6 is 11.3 Å². The van der Waals surface area contributed by atoms with Gasteiger partial charge >= 0.3 is 0 Å². The highest BCUT2D eigenvalue weighted by atomic mass is 32.1. The van der Waals surface area contributed by atoms with Gasteiger partial charge in [-0.3, -0.25) is 9.59 Å². The number of hydrogen-bond acceptors (Lipinski definition) is 4. The predicted octanol–water partition coefficient (Wildman–Crippen LogP) is 5.03. The number of rotatable bonds is 4. The van der Waals surface area contributed by atoms with Crippen LogP contribution in [0, 0.1) is 13.8 Å². The van der Waals surface area contributed by atoms with E-state index in [1.165, 1.54) is 11.1 Å². The molecule has 2 amide bonds. The zero-order valence-corrected chi connectivity index (χ0v) is 19.0. The Labute approximate surface area is 191 Å². The standard InChI is InChI=1S/C26H25N3O2S/c1-16-12-21-23(13-17(16)2)29(26(31)14-22(27-21)24-8-5-11-32-24)15-25(30)28-20-10-9-18-6-3-4-7-19(18)20/h3-8,11-13,20H,9-10,14-15H2,1-2H3,(H,28,30). The summed E-state index contributed by atoms with van der Waals surface area (Å²) in [6.45, 7) is 4.04. The van der Waals surface area contributed by atoms with Gasteiger partial charge in [0, 0.05) is 4.88 Å². The number of aliphatic imine (C=N–C) groups is 1. The molecule has 162 valence electrons. The van der Waals surface area contributed by atoms with E-state index in [0.29, 0.717) is 5.69 Å². The lowest BCUT2D eigenvalue weighted by atomic mass is 10.1.